The lowest BCUT2D eigenvalue weighted by atomic mass is 9.95. The van der Waals surface area contributed by atoms with Gasteiger partial charge in [0.25, 0.3) is 0 Å². The van der Waals surface area contributed by atoms with Gasteiger partial charge < -0.3 is 10.1 Å². The molecule has 1 aliphatic rings. The quantitative estimate of drug-likeness (QED) is 0.564. The van der Waals surface area contributed by atoms with E-state index in [1.807, 2.05) is 18.2 Å². The minimum atomic E-state index is -0.0672. The maximum absolute atomic E-state index is 13.0. The van der Waals surface area contributed by atoms with E-state index in [9.17, 15) is 4.79 Å². The number of carbonyl (C=O) groups is 1. The summed E-state index contributed by atoms with van der Waals surface area (Å²) in [6.07, 6.45) is 4.18. The lowest BCUT2D eigenvalue weighted by Crippen LogP contribution is -2.20. The molecule has 5 nitrogen and oxygen atoms in total. The van der Waals surface area contributed by atoms with Crippen molar-refractivity contribution >= 4 is 45.8 Å². The van der Waals surface area contributed by atoms with Crippen LogP contribution in [0.2, 0.25) is 10.0 Å². The summed E-state index contributed by atoms with van der Waals surface area (Å²) in [6.45, 7) is 0. The Balaban J connectivity index is 1.46. The SMILES string of the molecule is COc1cc(Cl)ccc1C(=O)C1CCC(Nc2ncc3ccc(Cl)cc3n2)C1. The number of ether oxygens (including phenoxy) is 1. The number of halogens is 2. The third kappa shape index (κ3) is 3.91. The van der Waals surface area contributed by atoms with E-state index in [1.165, 1.54) is 0 Å². The van der Waals surface area contributed by atoms with Crippen molar-refractivity contribution in [3.63, 3.8) is 0 Å². The van der Waals surface area contributed by atoms with Crippen LogP contribution in [0.25, 0.3) is 10.9 Å². The van der Waals surface area contributed by atoms with Gasteiger partial charge in [0.2, 0.25) is 5.95 Å². The maximum atomic E-state index is 13.0. The van der Waals surface area contributed by atoms with E-state index in [0.29, 0.717) is 27.3 Å². The monoisotopic (exact) mass is 415 g/mol. The smallest absolute Gasteiger partial charge is 0.223 e. The highest BCUT2D eigenvalue weighted by atomic mass is 35.5. The van der Waals surface area contributed by atoms with Crippen molar-refractivity contribution < 1.29 is 9.53 Å². The number of Topliss-reactive ketones (excluding diaryl/α,β-unsaturated/α-hetero) is 1. The average Bonchev–Trinajstić information content (AvgIpc) is 3.15. The molecule has 2 atom stereocenters. The highest BCUT2D eigenvalue weighted by Crippen LogP contribution is 2.34. The summed E-state index contributed by atoms with van der Waals surface area (Å²) >= 11 is 12.1. The number of hydrogen-bond acceptors (Lipinski definition) is 5. The Kier molecular flexibility index (Phi) is 5.38. The van der Waals surface area contributed by atoms with Crippen LogP contribution in [0.15, 0.2) is 42.6 Å². The molecule has 4 rings (SSSR count). The third-order valence-electron chi connectivity index (χ3n) is 5.11. The standard InChI is InChI=1S/C21H19Cl2N3O2/c1-28-19-10-15(23)5-7-17(19)20(27)12-3-6-16(8-12)25-21-24-11-13-2-4-14(22)9-18(13)26-21/h2,4-5,7,9-12,16H,3,6,8H2,1H3,(H,24,25,26). The zero-order valence-corrected chi connectivity index (χ0v) is 16.8. The molecule has 1 fully saturated rings. The normalized spacial score (nSPS) is 19.0. The van der Waals surface area contributed by atoms with Gasteiger partial charge in [-0.2, -0.15) is 0 Å². The van der Waals surface area contributed by atoms with E-state index >= 15 is 0 Å². The molecule has 1 aliphatic carbocycles. The molecule has 1 N–H and O–H groups in total. The summed E-state index contributed by atoms with van der Waals surface area (Å²) < 4.78 is 5.33. The molecule has 0 saturated heterocycles. The number of nitrogens with one attached hydrogen (secondary N) is 1. The first kappa shape index (κ1) is 19.0. The van der Waals surface area contributed by atoms with E-state index in [0.717, 1.165) is 30.2 Å². The Morgan fingerprint density at radius 3 is 2.75 bits per heavy atom. The lowest BCUT2D eigenvalue weighted by molar-refractivity contribution is 0.0919. The number of hydrogen-bond donors (Lipinski definition) is 1. The van der Waals surface area contributed by atoms with E-state index in [4.69, 9.17) is 27.9 Å². The van der Waals surface area contributed by atoms with E-state index < -0.39 is 0 Å². The number of aromatic nitrogens is 2. The summed E-state index contributed by atoms with van der Waals surface area (Å²) in [5.74, 6) is 1.09. The molecule has 0 amide bonds. The number of benzene rings is 2. The fraction of sp³-hybridized carbons (Fsp3) is 0.286. The van der Waals surface area contributed by atoms with Gasteiger partial charge >= 0.3 is 0 Å². The van der Waals surface area contributed by atoms with Gasteiger partial charge in [-0.25, -0.2) is 9.97 Å². The van der Waals surface area contributed by atoms with Crippen LogP contribution in [0.4, 0.5) is 5.95 Å². The highest BCUT2D eigenvalue weighted by Gasteiger charge is 2.32. The second kappa shape index (κ2) is 7.94. The van der Waals surface area contributed by atoms with Crippen LogP contribution in [0.5, 0.6) is 5.75 Å². The van der Waals surface area contributed by atoms with E-state index in [2.05, 4.69) is 15.3 Å². The number of nitrogens with zero attached hydrogens (tertiary/aromatic N) is 2. The summed E-state index contributed by atoms with van der Waals surface area (Å²) in [5.41, 5.74) is 1.37. The Bertz CT molecular complexity index is 1040. The number of anilines is 1. The molecule has 7 heteroatoms. The molecule has 144 valence electrons. The Morgan fingerprint density at radius 2 is 1.93 bits per heavy atom. The number of ketones is 1. The Morgan fingerprint density at radius 1 is 1.14 bits per heavy atom. The van der Waals surface area contributed by atoms with Crippen LogP contribution in [-0.2, 0) is 0 Å². The second-order valence-corrected chi connectivity index (χ2v) is 7.83. The van der Waals surface area contributed by atoms with Crippen LogP contribution < -0.4 is 10.1 Å². The van der Waals surface area contributed by atoms with Gasteiger partial charge in [-0.3, -0.25) is 4.79 Å². The molecule has 1 aromatic heterocycles. The van der Waals surface area contributed by atoms with Crippen molar-refractivity contribution in [1.82, 2.24) is 9.97 Å². The molecule has 0 spiro atoms. The molecule has 2 aromatic carbocycles. The molecular weight excluding hydrogens is 397 g/mol. The molecule has 2 unspecified atom stereocenters. The topological polar surface area (TPSA) is 64.1 Å². The first-order valence-corrected chi connectivity index (χ1v) is 9.85. The fourth-order valence-corrected chi connectivity index (χ4v) is 4.02. The zero-order chi connectivity index (χ0) is 19.7. The number of fused-ring (bicyclic) bond motifs is 1. The van der Waals surface area contributed by atoms with Gasteiger partial charge in [-0.15, -0.1) is 0 Å². The minimum absolute atomic E-state index is 0.0672. The second-order valence-electron chi connectivity index (χ2n) is 6.96. The molecule has 1 heterocycles. The molecule has 0 radical (unpaired) electrons. The summed E-state index contributed by atoms with van der Waals surface area (Å²) in [7, 11) is 1.55. The minimum Gasteiger partial charge on any atom is -0.496 e. The van der Waals surface area contributed by atoms with E-state index in [-0.39, 0.29) is 17.7 Å². The molecule has 0 bridgehead atoms. The fourth-order valence-electron chi connectivity index (χ4n) is 3.69. The van der Waals surface area contributed by atoms with Gasteiger partial charge in [0, 0.05) is 33.6 Å². The number of rotatable bonds is 5. The number of carbonyl (C=O) groups excluding carboxylic acids is 1. The van der Waals surface area contributed by atoms with Crippen LogP contribution in [-0.4, -0.2) is 28.9 Å². The van der Waals surface area contributed by atoms with Crippen LogP contribution in [0, 0.1) is 5.92 Å². The predicted octanol–water partition coefficient (Wildman–Crippen LogP) is 5.41. The van der Waals surface area contributed by atoms with Crippen molar-refractivity contribution in [1.29, 1.82) is 0 Å². The molecule has 1 saturated carbocycles. The van der Waals surface area contributed by atoms with Crippen molar-refractivity contribution in [2.75, 3.05) is 12.4 Å². The van der Waals surface area contributed by atoms with Crippen molar-refractivity contribution in [3.8, 4) is 5.75 Å². The van der Waals surface area contributed by atoms with Crippen molar-refractivity contribution in [3.05, 3.63) is 58.2 Å². The summed E-state index contributed by atoms with van der Waals surface area (Å²) in [6, 6.07) is 10.8. The van der Waals surface area contributed by atoms with Crippen LogP contribution in [0.1, 0.15) is 29.6 Å². The van der Waals surface area contributed by atoms with Crippen LogP contribution >= 0.6 is 23.2 Å². The van der Waals surface area contributed by atoms with E-state index in [1.54, 1.807) is 31.5 Å². The first-order chi connectivity index (χ1) is 13.5. The van der Waals surface area contributed by atoms with Crippen molar-refractivity contribution in [2.24, 2.45) is 5.92 Å². The van der Waals surface area contributed by atoms with Crippen molar-refractivity contribution in [2.45, 2.75) is 25.3 Å². The van der Waals surface area contributed by atoms with Gasteiger partial charge in [-0.1, -0.05) is 23.2 Å². The summed E-state index contributed by atoms with van der Waals surface area (Å²) in [4.78, 5) is 21.9. The zero-order valence-electron chi connectivity index (χ0n) is 15.3. The predicted molar refractivity (Wildman–Crippen MR) is 112 cm³/mol. The molecule has 28 heavy (non-hydrogen) atoms. The number of methoxy groups -OCH3 is 1. The largest absolute Gasteiger partial charge is 0.496 e. The molecule has 0 aliphatic heterocycles. The van der Waals surface area contributed by atoms with Crippen LogP contribution in [0.3, 0.4) is 0 Å². The maximum Gasteiger partial charge on any atom is 0.223 e. The lowest BCUT2D eigenvalue weighted by Gasteiger charge is -2.14. The highest BCUT2D eigenvalue weighted by molar-refractivity contribution is 6.31. The first-order valence-electron chi connectivity index (χ1n) is 9.10. The van der Waals surface area contributed by atoms with Gasteiger partial charge in [0.1, 0.15) is 5.75 Å². The van der Waals surface area contributed by atoms with Gasteiger partial charge in [-0.05, 0) is 55.7 Å². The average molecular weight is 416 g/mol. The van der Waals surface area contributed by atoms with Gasteiger partial charge in [0.05, 0.1) is 18.2 Å². The molecule has 3 aromatic rings. The van der Waals surface area contributed by atoms with Gasteiger partial charge in [0.15, 0.2) is 5.78 Å². The third-order valence-corrected chi connectivity index (χ3v) is 5.58. The Labute approximate surface area is 173 Å². The molecular formula is C21H19Cl2N3O2. The Hall–Kier alpha value is -2.37. The summed E-state index contributed by atoms with van der Waals surface area (Å²) in [5, 5.41) is 5.48.